The first-order valence-electron chi connectivity index (χ1n) is 5.09. The highest BCUT2D eigenvalue weighted by Gasteiger charge is 2.30. The molecule has 0 saturated carbocycles. The van der Waals surface area contributed by atoms with Gasteiger partial charge < -0.3 is 5.21 Å². The Kier molecular flexibility index (Phi) is 3.50. The van der Waals surface area contributed by atoms with Gasteiger partial charge in [0, 0.05) is 26.3 Å². The summed E-state index contributed by atoms with van der Waals surface area (Å²) in [4.78, 5) is 0. The van der Waals surface area contributed by atoms with Gasteiger partial charge >= 0.3 is 6.18 Å². The molecule has 0 aliphatic rings. The fraction of sp³-hybridized carbons (Fsp3) is 0.417. The Labute approximate surface area is 98.0 Å². The van der Waals surface area contributed by atoms with Crippen molar-refractivity contribution >= 4 is 6.21 Å². The minimum Gasteiger partial charge on any atom is -0.623 e. The Hall–Kier alpha value is -1.52. The number of hydroxylamine groups is 1. The summed E-state index contributed by atoms with van der Waals surface area (Å²) in [6, 6.07) is 4.68. The lowest BCUT2D eigenvalue weighted by Gasteiger charge is -2.18. The molecule has 94 valence electrons. The van der Waals surface area contributed by atoms with Crippen LogP contribution in [0.15, 0.2) is 24.3 Å². The second-order valence-corrected chi connectivity index (χ2v) is 4.75. The average Bonchev–Trinajstić information content (AvgIpc) is 2.15. The zero-order chi connectivity index (χ0) is 13.3. The molecule has 0 bridgehead atoms. The maximum absolute atomic E-state index is 12.4. The van der Waals surface area contributed by atoms with E-state index in [4.69, 9.17) is 0 Å². The first kappa shape index (κ1) is 13.5. The zero-order valence-corrected chi connectivity index (χ0v) is 9.88. The van der Waals surface area contributed by atoms with Gasteiger partial charge in [0.1, 0.15) is 0 Å². The largest absolute Gasteiger partial charge is 0.623 e. The van der Waals surface area contributed by atoms with Crippen molar-refractivity contribution in [3.8, 4) is 0 Å². The van der Waals surface area contributed by atoms with E-state index >= 15 is 0 Å². The quantitative estimate of drug-likeness (QED) is 0.322. The first-order chi connectivity index (χ1) is 7.60. The predicted molar refractivity (Wildman–Crippen MR) is 60.0 cm³/mol. The van der Waals surface area contributed by atoms with Gasteiger partial charge in [-0.2, -0.15) is 13.2 Å². The van der Waals surface area contributed by atoms with Crippen LogP contribution in [0.2, 0.25) is 0 Å². The van der Waals surface area contributed by atoms with E-state index in [1.54, 1.807) is 20.8 Å². The zero-order valence-electron chi connectivity index (χ0n) is 9.88. The molecule has 0 aromatic heterocycles. The SMILES string of the molecule is CC(C)(C)/[N+]([O-])=C/c1cccc(C(F)(F)F)c1. The van der Waals surface area contributed by atoms with Crippen LogP contribution in [0.4, 0.5) is 13.2 Å². The van der Waals surface area contributed by atoms with Crippen molar-refractivity contribution < 1.29 is 17.9 Å². The summed E-state index contributed by atoms with van der Waals surface area (Å²) in [6.07, 6.45) is -3.23. The third-order valence-electron chi connectivity index (χ3n) is 2.14. The van der Waals surface area contributed by atoms with Crippen LogP contribution in [-0.4, -0.2) is 16.5 Å². The standard InChI is InChI=1S/C12H14F3NO/c1-11(2,3)16(17)8-9-5-4-6-10(7-9)12(13,14)15/h4-8H,1-3H3/b16-8-. The second kappa shape index (κ2) is 4.39. The van der Waals surface area contributed by atoms with Crippen LogP contribution in [0.5, 0.6) is 0 Å². The lowest BCUT2D eigenvalue weighted by molar-refractivity contribution is -0.530. The second-order valence-electron chi connectivity index (χ2n) is 4.75. The van der Waals surface area contributed by atoms with Gasteiger partial charge in [0.15, 0.2) is 11.8 Å². The molecule has 0 heterocycles. The molecule has 0 unspecified atom stereocenters. The van der Waals surface area contributed by atoms with Crippen molar-refractivity contribution in [3.63, 3.8) is 0 Å². The van der Waals surface area contributed by atoms with Crippen LogP contribution in [0.25, 0.3) is 0 Å². The molecule has 1 aromatic carbocycles. The topological polar surface area (TPSA) is 26.1 Å². The molecule has 17 heavy (non-hydrogen) atoms. The Morgan fingerprint density at radius 3 is 2.24 bits per heavy atom. The highest BCUT2D eigenvalue weighted by molar-refractivity contribution is 5.76. The predicted octanol–water partition coefficient (Wildman–Crippen LogP) is 3.43. The first-order valence-corrected chi connectivity index (χ1v) is 5.09. The molecule has 0 aliphatic heterocycles. The van der Waals surface area contributed by atoms with Crippen LogP contribution in [-0.2, 0) is 6.18 Å². The van der Waals surface area contributed by atoms with Crippen molar-refractivity contribution in [2.24, 2.45) is 0 Å². The summed E-state index contributed by atoms with van der Waals surface area (Å²) >= 11 is 0. The summed E-state index contributed by atoms with van der Waals surface area (Å²) in [7, 11) is 0. The smallest absolute Gasteiger partial charge is 0.416 e. The van der Waals surface area contributed by atoms with Gasteiger partial charge in [0.05, 0.1) is 5.56 Å². The number of rotatable bonds is 1. The summed E-state index contributed by atoms with van der Waals surface area (Å²) in [6.45, 7) is 5.05. The van der Waals surface area contributed by atoms with E-state index in [0.29, 0.717) is 4.74 Å². The molecule has 0 amide bonds. The molecule has 0 aliphatic carbocycles. The number of hydrogen-bond donors (Lipinski definition) is 0. The highest BCUT2D eigenvalue weighted by atomic mass is 19.4. The Bertz CT molecular complexity index is 430. The van der Waals surface area contributed by atoms with E-state index in [1.807, 2.05) is 0 Å². The van der Waals surface area contributed by atoms with E-state index in [9.17, 15) is 18.4 Å². The summed E-state index contributed by atoms with van der Waals surface area (Å²) in [5.41, 5.74) is -1.19. The average molecular weight is 245 g/mol. The monoisotopic (exact) mass is 245 g/mol. The van der Waals surface area contributed by atoms with Crippen LogP contribution < -0.4 is 0 Å². The number of hydrogen-bond acceptors (Lipinski definition) is 1. The molecule has 1 aromatic rings. The fourth-order valence-corrected chi connectivity index (χ4v) is 1.12. The summed E-state index contributed by atoms with van der Waals surface area (Å²) < 4.78 is 37.9. The van der Waals surface area contributed by atoms with Gasteiger partial charge in [0.25, 0.3) is 0 Å². The van der Waals surface area contributed by atoms with Crippen LogP contribution in [0.3, 0.4) is 0 Å². The third-order valence-corrected chi connectivity index (χ3v) is 2.14. The van der Waals surface area contributed by atoms with Crippen LogP contribution in [0, 0.1) is 5.21 Å². The van der Waals surface area contributed by atoms with Gasteiger partial charge in [-0.1, -0.05) is 6.07 Å². The molecule has 0 radical (unpaired) electrons. The molecule has 0 saturated heterocycles. The van der Waals surface area contributed by atoms with Crippen molar-refractivity contribution in [2.75, 3.05) is 0 Å². The molecule has 1 rings (SSSR count). The van der Waals surface area contributed by atoms with E-state index in [1.165, 1.54) is 12.1 Å². The summed E-state index contributed by atoms with van der Waals surface area (Å²) in [5, 5.41) is 11.6. The van der Waals surface area contributed by atoms with E-state index in [-0.39, 0.29) is 5.56 Å². The Balaban J connectivity index is 3.10. The maximum Gasteiger partial charge on any atom is 0.416 e. The molecule has 2 nitrogen and oxygen atoms in total. The van der Waals surface area contributed by atoms with Crippen LogP contribution >= 0.6 is 0 Å². The van der Waals surface area contributed by atoms with E-state index < -0.39 is 17.3 Å². The molecule has 5 heteroatoms. The maximum atomic E-state index is 12.4. The minimum absolute atomic E-state index is 0.241. The van der Waals surface area contributed by atoms with Crippen molar-refractivity contribution in [1.82, 2.24) is 0 Å². The lowest BCUT2D eigenvalue weighted by atomic mass is 10.1. The van der Waals surface area contributed by atoms with Gasteiger partial charge in [-0.25, -0.2) is 4.74 Å². The summed E-state index contributed by atoms with van der Waals surface area (Å²) in [5.74, 6) is 0. The number of nitrogens with zero attached hydrogens (tertiary/aromatic N) is 1. The van der Waals surface area contributed by atoms with Gasteiger partial charge in [-0.15, -0.1) is 0 Å². The van der Waals surface area contributed by atoms with Gasteiger partial charge in [0.2, 0.25) is 0 Å². The van der Waals surface area contributed by atoms with Crippen molar-refractivity contribution in [1.29, 1.82) is 0 Å². The molecular formula is C12H14F3NO. The van der Waals surface area contributed by atoms with Gasteiger partial charge in [-0.3, -0.25) is 0 Å². The third kappa shape index (κ3) is 3.76. The van der Waals surface area contributed by atoms with Gasteiger partial charge in [-0.05, 0) is 18.2 Å². The molecule has 0 N–H and O–H groups in total. The van der Waals surface area contributed by atoms with E-state index in [0.717, 1.165) is 18.3 Å². The molecule has 0 fully saturated rings. The van der Waals surface area contributed by atoms with E-state index in [2.05, 4.69) is 0 Å². The minimum atomic E-state index is -4.39. The highest BCUT2D eigenvalue weighted by Crippen LogP contribution is 2.29. The molecule has 0 atom stereocenters. The van der Waals surface area contributed by atoms with Crippen LogP contribution in [0.1, 0.15) is 31.9 Å². The van der Waals surface area contributed by atoms with Crippen molar-refractivity contribution in [2.45, 2.75) is 32.5 Å². The Morgan fingerprint density at radius 1 is 1.18 bits per heavy atom. The number of alkyl halides is 3. The number of halogens is 3. The normalized spacial score (nSPS) is 13.9. The fourth-order valence-electron chi connectivity index (χ4n) is 1.12. The lowest BCUT2D eigenvalue weighted by Crippen LogP contribution is -2.29. The Morgan fingerprint density at radius 2 is 1.76 bits per heavy atom. The molecular weight excluding hydrogens is 231 g/mol. The molecule has 0 spiro atoms. The number of benzene rings is 1. The van der Waals surface area contributed by atoms with Crippen molar-refractivity contribution in [3.05, 3.63) is 40.6 Å².